The van der Waals surface area contributed by atoms with E-state index in [9.17, 15) is 5.11 Å². The Balaban J connectivity index is 2.57. The fourth-order valence-corrected chi connectivity index (χ4v) is 1.72. The minimum atomic E-state index is -0.127. The Bertz CT molecular complexity index is 140. The van der Waals surface area contributed by atoms with Crippen molar-refractivity contribution in [2.75, 3.05) is 0 Å². The predicted octanol–water partition coefficient (Wildman–Crippen LogP) is 1.97. The second-order valence-electron chi connectivity index (χ2n) is 3.50. The molecular formula is C9H16O. The van der Waals surface area contributed by atoms with Crippen molar-refractivity contribution >= 4 is 0 Å². The van der Waals surface area contributed by atoms with Crippen molar-refractivity contribution in [3.05, 3.63) is 12.2 Å². The molecule has 0 amide bonds. The molecule has 1 nitrogen and oxygen atoms in total. The van der Waals surface area contributed by atoms with Gasteiger partial charge < -0.3 is 5.11 Å². The summed E-state index contributed by atoms with van der Waals surface area (Å²) in [7, 11) is 0. The van der Waals surface area contributed by atoms with Crippen LogP contribution >= 0.6 is 0 Å². The number of aliphatic hydroxyl groups excluding tert-OH is 1. The third-order valence-electron chi connectivity index (χ3n) is 2.56. The SMILES string of the molecule is C=C(C)[C@H]1CC[C@@H](C)[C@@H]1O. The molecule has 1 N–H and O–H groups in total. The monoisotopic (exact) mass is 140 g/mol. The fraction of sp³-hybridized carbons (Fsp3) is 0.778. The molecule has 0 aromatic carbocycles. The average Bonchev–Trinajstić information content (AvgIpc) is 2.14. The number of aliphatic hydroxyl groups is 1. The van der Waals surface area contributed by atoms with Crippen molar-refractivity contribution in [3.8, 4) is 0 Å². The van der Waals surface area contributed by atoms with Crippen LogP contribution in [0.2, 0.25) is 0 Å². The van der Waals surface area contributed by atoms with Gasteiger partial charge in [0.2, 0.25) is 0 Å². The molecule has 0 heterocycles. The Morgan fingerprint density at radius 1 is 1.50 bits per heavy atom. The fourth-order valence-electron chi connectivity index (χ4n) is 1.72. The van der Waals surface area contributed by atoms with E-state index in [0.29, 0.717) is 11.8 Å². The summed E-state index contributed by atoms with van der Waals surface area (Å²) in [6, 6.07) is 0. The standard InChI is InChI=1S/C9H16O/c1-6(2)8-5-4-7(3)9(8)10/h7-10H,1,4-5H2,2-3H3/t7-,8-,9+/m1/s1. The van der Waals surface area contributed by atoms with E-state index in [0.717, 1.165) is 18.4 Å². The van der Waals surface area contributed by atoms with E-state index in [-0.39, 0.29) is 6.10 Å². The molecule has 1 rings (SSSR count). The van der Waals surface area contributed by atoms with Gasteiger partial charge in [-0.1, -0.05) is 19.1 Å². The Kier molecular flexibility index (Phi) is 2.14. The number of rotatable bonds is 1. The first-order valence-electron chi connectivity index (χ1n) is 3.96. The highest BCUT2D eigenvalue weighted by Crippen LogP contribution is 2.34. The summed E-state index contributed by atoms with van der Waals surface area (Å²) in [5.74, 6) is 0.844. The zero-order chi connectivity index (χ0) is 7.72. The van der Waals surface area contributed by atoms with Gasteiger partial charge in [0.1, 0.15) is 0 Å². The summed E-state index contributed by atoms with van der Waals surface area (Å²) >= 11 is 0. The van der Waals surface area contributed by atoms with Gasteiger partial charge in [-0.15, -0.1) is 0 Å². The molecule has 1 aliphatic rings. The molecule has 0 unspecified atom stereocenters. The van der Waals surface area contributed by atoms with Gasteiger partial charge >= 0.3 is 0 Å². The Hall–Kier alpha value is -0.300. The zero-order valence-electron chi connectivity index (χ0n) is 6.80. The number of hydrogen-bond donors (Lipinski definition) is 1. The Morgan fingerprint density at radius 2 is 2.10 bits per heavy atom. The van der Waals surface area contributed by atoms with Crippen molar-refractivity contribution in [1.82, 2.24) is 0 Å². The second-order valence-corrected chi connectivity index (χ2v) is 3.50. The maximum Gasteiger partial charge on any atom is 0.0630 e. The molecule has 10 heavy (non-hydrogen) atoms. The van der Waals surface area contributed by atoms with Crippen LogP contribution in [0.15, 0.2) is 12.2 Å². The lowest BCUT2D eigenvalue weighted by molar-refractivity contribution is 0.111. The molecule has 0 aromatic rings. The van der Waals surface area contributed by atoms with Crippen molar-refractivity contribution in [1.29, 1.82) is 0 Å². The van der Waals surface area contributed by atoms with Gasteiger partial charge in [-0.3, -0.25) is 0 Å². The van der Waals surface area contributed by atoms with E-state index in [1.807, 2.05) is 6.92 Å². The summed E-state index contributed by atoms with van der Waals surface area (Å²) < 4.78 is 0. The van der Waals surface area contributed by atoms with Crippen LogP contribution < -0.4 is 0 Å². The van der Waals surface area contributed by atoms with Crippen LogP contribution in [0.1, 0.15) is 26.7 Å². The van der Waals surface area contributed by atoms with E-state index in [4.69, 9.17) is 0 Å². The third-order valence-corrected chi connectivity index (χ3v) is 2.56. The van der Waals surface area contributed by atoms with Crippen molar-refractivity contribution < 1.29 is 5.11 Å². The van der Waals surface area contributed by atoms with Crippen LogP contribution in [0.25, 0.3) is 0 Å². The lowest BCUT2D eigenvalue weighted by Crippen LogP contribution is -2.19. The third kappa shape index (κ3) is 1.24. The first-order chi connectivity index (χ1) is 4.63. The molecule has 1 saturated carbocycles. The second kappa shape index (κ2) is 2.75. The van der Waals surface area contributed by atoms with Crippen LogP contribution in [0.3, 0.4) is 0 Å². The maximum absolute atomic E-state index is 9.57. The zero-order valence-corrected chi connectivity index (χ0v) is 6.80. The number of hydrogen-bond acceptors (Lipinski definition) is 1. The molecule has 1 fully saturated rings. The lowest BCUT2D eigenvalue weighted by atomic mass is 9.96. The topological polar surface area (TPSA) is 20.2 Å². The molecule has 0 aromatic heterocycles. The van der Waals surface area contributed by atoms with E-state index < -0.39 is 0 Å². The summed E-state index contributed by atoms with van der Waals surface area (Å²) in [6.45, 7) is 7.97. The molecule has 0 spiro atoms. The Labute approximate surface area is 62.8 Å². The molecule has 0 saturated heterocycles. The molecule has 1 aliphatic carbocycles. The molecular weight excluding hydrogens is 124 g/mol. The van der Waals surface area contributed by atoms with Gasteiger partial charge in [0.15, 0.2) is 0 Å². The largest absolute Gasteiger partial charge is 0.392 e. The molecule has 0 bridgehead atoms. The van der Waals surface area contributed by atoms with E-state index in [2.05, 4.69) is 13.5 Å². The van der Waals surface area contributed by atoms with E-state index >= 15 is 0 Å². The highest BCUT2D eigenvalue weighted by Gasteiger charge is 2.31. The van der Waals surface area contributed by atoms with Crippen LogP contribution in [0, 0.1) is 11.8 Å². The first-order valence-corrected chi connectivity index (χ1v) is 3.96. The van der Waals surface area contributed by atoms with E-state index in [1.165, 1.54) is 0 Å². The Morgan fingerprint density at radius 3 is 2.30 bits per heavy atom. The summed E-state index contributed by atoms with van der Waals surface area (Å²) in [6.07, 6.45) is 2.15. The van der Waals surface area contributed by atoms with Gasteiger partial charge in [0, 0.05) is 5.92 Å². The van der Waals surface area contributed by atoms with Crippen molar-refractivity contribution in [3.63, 3.8) is 0 Å². The normalized spacial score (nSPS) is 40.1. The first kappa shape index (κ1) is 7.80. The smallest absolute Gasteiger partial charge is 0.0630 e. The van der Waals surface area contributed by atoms with Crippen molar-refractivity contribution in [2.45, 2.75) is 32.8 Å². The molecule has 1 heteroatoms. The summed E-state index contributed by atoms with van der Waals surface area (Å²) in [5.41, 5.74) is 1.14. The highest BCUT2D eigenvalue weighted by molar-refractivity contribution is 5.03. The van der Waals surface area contributed by atoms with Gasteiger partial charge in [0.05, 0.1) is 6.10 Å². The molecule has 0 radical (unpaired) electrons. The van der Waals surface area contributed by atoms with Crippen LogP contribution in [0.5, 0.6) is 0 Å². The minimum Gasteiger partial charge on any atom is -0.392 e. The minimum absolute atomic E-state index is 0.127. The quantitative estimate of drug-likeness (QED) is 0.552. The van der Waals surface area contributed by atoms with Crippen LogP contribution in [0.4, 0.5) is 0 Å². The highest BCUT2D eigenvalue weighted by atomic mass is 16.3. The average molecular weight is 140 g/mol. The summed E-state index contributed by atoms with van der Waals surface area (Å²) in [4.78, 5) is 0. The lowest BCUT2D eigenvalue weighted by Gasteiger charge is -2.16. The maximum atomic E-state index is 9.57. The molecule has 3 atom stereocenters. The van der Waals surface area contributed by atoms with Crippen LogP contribution in [-0.4, -0.2) is 11.2 Å². The molecule has 0 aliphatic heterocycles. The predicted molar refractivity (Wildman–Crippen MR) is 42.7 cm³/mol. The van der Waals surface area contributed by atoms with Crippen LogP contribution in [-0.2, 0) is 0 Å². The van der Waals surface area contributed by atoms with Gasteiger partial charge in [-0.05, 0) is 25.7 Å². The van der Waals surface area contributed by atoms with Gasteiger partial charge in [-0.25, -0.2) is 0 Å². The summed E-state index contributed by atoms with van der Waals surface area (Å²) in [5, 5.41) is 9.57. The van der Waals surface area contributed by atoms with E-state index in [1.54, 1.807) is 0 Å². The van der Waals surface area contributed by atoms with Gasteiger partial charge in [0.25, 0.3) is 0 Å². The van der Waals surface area contributed by atoms with Gasteiger partial charge in [-0.2, -0.15) is 0 Å². The van der Waals surface area contributed by atoms with Crippen molar-refractivity contribution in [2.24, 2.45) is 11.8 Å². The molecule has 58 valence electrons.